The number of aromatic nitrogens is 3. The summed E-state index contributed by atoms with van der Waals surface area (Å²) in [6, 6.07) is 9.67. The molecule has 4 rings (SSSR count). The highest BCUT2D eigenvalue weighted by Crippen LogP contribution is 2.31. The Labute approximate surface area is 163 Å². The number of aromatic amines is 1. The lowest BCUT2D eigenvalue weighted by Gasteiger charge is -2.17. The molecular formula is C21H26N4O3. The summed E-state index contributed by atoms with van der Waals surface area (Å²) >= 11 is 0. The van der Waals surface area contributed by atoms with Crippen LogP contribution >= 0.6 is 0 Å². The lowest BCUT2D eigenvalue weighted by molar-refractivity contribution is 0.307. The van der Waals surface area contributed by atoms with Gasteiger partial charge in [0.15, 0.2) is 17.1 Å². The fraction of sp³-hybridized carbons (Fsp3) is 0.429. The van der Waals surface area contributed by atoms with Crippen LogP contribution in [0.3, 0.4) is 0 Å². The molecule has 1 saturated heterocycles. The highest BCUT2D eigenvalue weighted by molar-refractivity contribution is 5.43. The number of likely N-dealkylation sites (tertiary alicyclic amines) is 1. The Morgan fingerprint density at radius 3 is 2.89 bits per heavy atom. The van der Waals surface area contributed by atoms with Crippen LogP contribution in [-0.4, -0.2) is 46.3 Å². The van der Waals surface area contributed by atoms with E-state index in [9.17, 15) is 4.79 Å². The van der Waals surface area contributed by atoms with E-state index in [1.165, 1.54) is 10.1 Å². The zero-order valence-electron chi connectivity index (χ0n) is 16.6. The molecule has 0 amide bonds. The number of fused-ring (bicyclic) bond motifs is 1. The molecule has 0 radical (unpaired) electrons. The largest absolute Gasteiger partial charge is 0.493 e. The highest BCUT2D eigenvalue weighted by Gasteiger charge is 2.26. The van der Waals surface area contributed by atoms with E-state index in [0.717, 1.165) is 48.9 Å². The summed E-state index contributed by atoms with van der Waals surface area (Å²) in [6.45, 7) is 7.23. The molecule has 1 N–H and O–H groups in total. The Balaban J connectivity index is 1.47. The third kappa shape index (κ3) is 3.62. The second kappa shape index (κ2) is 7.67. The first-order chi connectivity index (χ1) is 13.6. The van der Waals surface area contributed by atoms with Gasteiger partial charge in [-0.1, -0.05) is 6.07 Å². The Morgan fingerprint density at radius 1 is 1.25 bits per heavy atom. The fourth-order valence-corrected chi connectivity index (χ4v) is 3.91. The van der Waals surface area contributed by atoms with E-state index in [1.807, 2.05) is 32.0 Å². The van der Waals surface area contributed by atoms with Crippen molar-refractivity contribution in [3.8, 4) is 11.5 Å². The molecule has 0 bridgehead atoms. The quantitative estimate of drug-likeness (QED) is 0.710. The molecule has 1 aromatic carbocycles. The first-order valence-corrected chi connectivity index (χ1v) is 9.68. The third-order valence-electron chi connectivity index (χ3n) is 5.24. The number of hydrogen-bond acceptors (Lipinski definition) is 5. The van der Waals surface area contributed by atoms with Crippen molar-refractivity contribution in [3.63, 3.8) is 0 Å². The topological polar surface area (TPSA) is 71.9 Å². The molecule has 28 heavy (non-hydrogen) atoms. The van der Waals surface area contributed by atoms with Crippen LogP contribution in [0.25, 0.3) is 5.65 Å². The minimum absolute atomic E-state index is 0.0647. The molecule has 7 heteroatoms. The number of nitrogens with zero attached hydrogens (tertiary/aromatic N) is 3. The summed E-state index contributed by atoms with van der Waals surface area (Å²) in [5, 5.41) is 3.24. The van der Waals surface area contributed by atoms with Crippen molar-refractivity contribution in [2.24, 2.45) is 0 Å². The summed E-state index contributed by atoms with van der Waals surface area (Å²) in [4.78, 5) is 19.0. The van der Waals surface area contributed by atoms with Gasteiger partial charge in [-0.15, -0.1) is 0 Å². The number of nitrogens with one attached hydrogen (secondary N) is 1. The lowest BCUT2D eigenvalue weighted by Crippen LogP contribution is -2.20. The van der Waals surface area contributed by atoms with Crippen molar-refractivity contribution < 1.29 is 9.47 Å². The number of rotatable bonds is 6. The van der Waals surface area contributed by atoms with Gasteiger partial charge < -0.3 is 9.47 Å². The summed E-state index contributed by atoms with van der Waals surface area (Å²) in [6.07, 6.45) is 1.05. The zero-order valence-corrected chi connectivity index (χ0v) is 16.6. The van der Waals surface area contributed by atoms with Crippen molar-refractivity contribution >= 4 is 5.65 Å². The van der Waals surface area contributed by atoms with Crippen molar-refractivity contribution in [2.45, 2.75) is 32.7 Å². The van der Waals surface area contributed by atoms with Gasteiger partial charge in [0.05, 0.1) is 13.7 Å². The van der Waals surface area contributed by atoms with Crippen molar-refractivity contribution in [2.75, 3.05) is 26.8 Å². The summed E-state index contributed by atoms with van der Waals surface area (Å²) in [5.74, 6) is 1.91. The minimum Gasteiger partial charge on any atom is -0.493 e. The van der Waals surface area contributed by atoms with Crippen molar-refractivity contribution in [1.29, 1.82) is 0 Å². The second-order valence-corrected chi connectivity index (χ2v) is 7.28. The molecule has 0 unspecified atom stereocenters. The third-order valence-corrected chi connectivity index (χ3v) is 5.24. The monoisotopic (exact) mass is 382 g/mol. The van der Waals surface area contributed by atoms with Crippen LogP contribution in [0.5, 0.6) is 11.5 Å². The number of aryl methyl sites for hydroxylation is 1. The molecule has 0 aliphatic carbocycles. The summed E-state index contributed by atoms with van der Waals surface area (Å²) in [7, 11) is 1.67. The number of benzene rings is 1. The molecule has 0 saturated carbocycles. The van der Waals surface area contributed by atoms with Gasteiger partial charge in [-0.05, 0) is 44.5 Å². The van der Waals surface area contributed by atoms with E-state index in [0.29, 0.717) is 18.2 Å². The Bertz CT molecular complexity index is 1040. The van der Waals surface area contributed by atoms with Gasteiger partial charge in [-0.25, -0.2) is 9.50 Å². The molecule has 1 aliphatic rings. The molecule has 148 valence electrons. The maximum absolute atomic E-state index is 12.1. The van der Waals surface area contributed by atoms with Crippen LogP contribution in [0.2, 0.25) is 0 Å². The molecule has 1 atom stereocenters. The SMILES string of the molecule is CCOc1ccc(CN2CC[C@@H](c3cc4nc(C)cc(=O)n4[nH]3)C2)cc1OC. The molecule has 3 heterocycles. The normalized spacial score (nSPS) is 17.3. The van der Waals surface area contributed by atoms with E-state index in [1.54, 1.807) is 13.2 Å². The van der Waals surface area contributed by atoms with Gasteiger partial charge >= 0.3 is 0 Å². The summed E-state index contributed by atoms with van der Waals surface area (Å²) < 4.78 is 12.6. The highest BCUT2D eigenvalue weighted by atomic mass is 16.5. The Morgan fingerprint density at radius 2 is 2.11 bits per heavy atom. The average Bonchev–Trinajstić information content (AvgIpc) is 3.30. The van der Waals surface area contributed by atoms with Gasteiger partial charge in [0.1, 0.15) is 0 Å². The minimum atomic E-state index is -0.0647. The summed E-state index contributed by atoms with van der Waals surface area (Å²) in [5.41, 5.74) is 3.64. The van der Waals surface area contributed by atoms with E-state index in [-0.39, 0.29) is 5.56 Å². The van der Waals surface area contributed by atoms with E-state index < -0.39 is 0 Å². The second-order valence-electron chi connectivity index (χ2n) is 7.28. The molecular weight excluding hydrogens is 356 g/mol. The van der Waals surface area contributed by atoms with Crippen LogP contribution < -0.4 is 15.0 Å². The zero-order chi connectivity index (χ0) is 19.7. The Kier molecular flexibility index (Phi) is 5.09. The average molecular weight is 382 g/mol. The van der Waals surface area contributed by atoms with Gasteiger partial charge in [-0.3, -0.25) is 14.8 Å². The predicted molar refractivity (Wildman–Crippen MR) is 107 cm³/mol. The van der Waals surface area contributed by atoms with Crippen LogP contribution in [0.4, 0.5) is 0 Å². The standard InChI is InChI=1S/C21H26N4O3/c1-4-28-18-6-5-15(10-19(18)27-3)12-24-8-7-16(13-24)17-11-20-22-14(2)9-21(26)25(20)23-17/h5-6,9-11,16,23H,4,7-8,12-13H2,1-3H3/t16-/m1/s1. The first-order valence-electron chi connectivity index (χ1n) is 9.68. The molecule has 7 nitrogen and oxygen atoms in total. The van der Waals surface area contributed by atoms with Gasteiger partial charge in [0, 0.05) is 42.5 Å². The predicted octanol–water partition coefficient (Wildman–Crippen LogP) is 2.73. The van der Waals surface area contributed by atoms with Crippen molar-refractivity contribution in [1.82, 2.24) is 19.5 Å². The van der Waals surface area contributed by atoms with Crippen LogP contribution in [0.15, 0.2) is 35.1 Å². The number of hydrogen-bond donors (Lipinski definition) is 1. The first kappa shape index (κ1) is 18.6. The van der Waals surface area contributed by atoms with Gasteiger partial charge in [0.25, 0.3) is 5.56 Å². The van der Waals surface area contributed by atoms with Crippen LogP contribution in [0, 0.1) is 6.92 Å². The fourth-order valence-electron chi connectivity index (χ4n) is 3.91. The maximum atomic E-state index is 12.1. The molecule has 1 fully saturated rings. The lowest BCUT2D eigenvalue weighted by atomic mass is 10.1. The van der Waals surface area contributed by atoms with E-state index in [4.69, 9.17) is 9.47 Å². The van der Waals surface area contributed by atoms with Gasteiger partial charge in [-0.2, -0.15) is 0 Å². The number of H-pyrrole nitrogens is 1. The number of methoxy groups -OCH3 is 1. The van der Waals surface area contributed by atoms with Crippen LogP contribution in [-0.2, 0) is 6.54 Å². The molecule has 2 aromatic heterocycles. The molecule has 0 spiro atoms. The Hall–Kier alpha value is -2.80. The number of ether oxygens (including phenoxy) is 2. The van der Waals surface area contributed by atoms with E-state index >= 15 is 0 Å². The smallest absolute Gasteiger partial charge is 0.272 e. The molecule has 3 aromatic rings. The molecule has 1 aliphatic heterocycles. The maximum Gasteiger partial charge on any atom is 0.272 e. The van der Waals surface area contributed by atoms with Crippen LogP contribution in [0.1, 0.15) is 36.2 Å². The van der Waals surface area contributed by atoms with E-state index in [2.05, 4.69) is 21.0 Å². The van der Waals surface area contributed by atoms with Crippen molar-refractivity contribution in [3.05, 3.63) is 57.6 Å². The van der Waals surface area contributed by atoms with Gasteiger partial charge in [0.2, 0.25) is 0 Å².